The Hall–Kier alpha value is -2.49. The number of para-hydroxylation sites is 2. The lowest BCUT2D eigenvalue weighted by Gasteiger charge is -2.29. The van der Waals surface area contributed by atoms with Crippen LogP contribution in [0, 0.1) is 5.92 Å². The smallest absolute Gasteiger partial charge is 0.405 e. The zero-order valence-corrected chi connectivity index (χ0v) is 21.8. The Morgan fingerprint density at radius 2 is 1.61 bits per heavy atom. The highest BCUT2D eigenvalue weighted by atomic mass is 35.5. The number of hydrogen-bond acceptors (Lipinski definition) is 6. The average molecular weight is 546 g/mol. The number of fused-ring (bicyclic) bond motifs is 1. The minimum absolute atomic E-state index is 0. The van der Waals surface area contributed by atoms with Crippen molar-refractivity contribution < 1.29 is 17.9 Å². The Bertz CT molecular complexity index is 1110. The van der Waals surface area contributed by atoms with E-state index in [1.165, 1.54) is 6.07 Å². The number of hydrogen-bond donors (Lipinski definition) is 2. The lowest BCUT2D eigenvalue weighted by molar-refractivity contribution is -0.274. The van der Waals surface area contributed by atoms with Crippen LogP contribution in [0.25, 0.3) is 10.9 Å². The van der Waals surface area contributed by atoms with Crippen LogP contribution >= 0.6 is 24.8 Å². The largest absolute Gasteiger partial charge is 0.573 e. The van der Waals surface area contributed by atoms with Crippen LogP contribution in [-0.4, -0.2) is 43.0 Å². The van der Waals surface area contributed by atoms with Gasteiger partial charge in [0.05, 0.1) is 5.52 Å². The molecular formula is C25H32Cl2F3N5O. The van der Waals surface area contributed by atoms with Crippen molar-refractivity contribution in [2.24, 2.45) is 5.92 Å². The second-order valence-corrected chi connectivity index (χ2v) is 8.93. The molecule has 6 nitrogen and oxygen atoms in total. The van der Waals surface area contributed by atoms with Crippen molar-refractivity contribution in [1.82, 2.24) is 15.3 Å². The Morgan fingerprint density at radius 3 is 2.31 bits per heavy atom. The zero-order valence-electron chi connectivity index (χ0n) is 20.2. The molecule has 3 aromatic rings. The van der Waals surface area contributed by atoms with E-state index in [-0.39, 0.29) is 30.6 Å². The Kier molecular flexibility index (Phi) is 10.9. The molecule has 0 radical (unpaired) electrons. The maximum absolute atomic E-state index is 12.6. The summed E-state index contributed by atoms with van der Waals surface area (Å²) in [4.78, 5) is 11.4. The number of benzene rings is 2. The monoisotopic (exact) mass is 545 g/mol. The van der Waals surface area contributed by atoms with Crippen LogP contribution in [0.3, 0.4) is 0 Å². The van der Waals surface area contributed by atoms with Crippen molar-refractivity contribution >= 4 is 47.5 Å². The summed E-state index contributed by atoms with van der Waals surface area (Å²) < 4.78 is 42.0. The third kappa shape index (κ3) is 8.01. The number of rotatable bonds is 8. The first-order valence-electron chi connectivity index (χ1n) is 11.5. The highest BCUT2D eigenvalue weighted by Crippen LogP contribution is 2.29. The van der Waals surface area contributed by atoms with E-state index in [1.807, 2.05) is 43.3 Å². The van der Waals surface area contributed by atoms with Crippen LogP contribution in [-0.2, 0) is 6.54 Å². The summed E-state index contributed by atoms with van der Waals surface area (Å²) in [7, 11) is 3.95. The molecule has 198 valence electrons. The van der Waals surface area contributed by atoms with E-state index in [2.05, 4.69) is 15.4 Å². The molecule has 1 heterocycles. The number of halogens is 5. The van der Waals surface area contributed by atoms with E-state index in [4.69, 9.17) is 9.97 Å². The van der Waals surface area contributed by atoms with Crippen LogP contribution in [0.4, 0.5) is 24.9 Å². The van der Waals surface area contributed by atoms with Crippen molar-refractivity contribution in [3.63, 3.8) is 0 Å². The Labute approximate surface area is 221 Å². The summed E-state index contributed by atoms with van der Waals surface area (Å²) in [5.41, 5.74) is 1.41. The fraction of sp³-hybridized carbons (Fsp3) is 0.440. The third-order valence-corrected chi connectivity index (χ3v) is 6.13. The molecule has 0 amide bonds. The molecular weight excluding hydrogens is 514 g/mol. The summed E-state index contributed by atoms with van der Waals surface area (Å²) in [6.45, 7) is 1.09. The van der Waals surface area contributed by atoms with Gasteiger partial charge in [-0.25, -0.2) is 4.98 Å². The Balaban J connectivity index is 0.00000228. The number of nitrogens with one attached hydrogen (secondary N) is 2. The normalized spacial score (nSPS) is 17.6. The van der Waals surface area contributed by atoms with Gasteiger partial charge in [-0.2, -0.15) is 4.98 Å². The highest BCUT2D eigenvalue weighted by Gasteiger charge is 2.32. The van der Waals surface area contributed by atoms with Gasteiger partial charge in [0.15, 0.2) is 0 Å². The minimum Gasteiger partial charge on any atom is -0.405 e. The zero-order chi connectivity index (χ0) is 24.1. The van der Waals surface area contributed by atoms with Gasteiger partial charge in [-0.3, -0.25) is 0 Å². The van der Waals surface area contributed by atoms with Gasteiger partial charge in [-0.05, 0) is 56.3 Å². The van der Waals surface area contributed by atoms with Crippen molar-refractivity contribution in [3.8, 4) is 5.75 Å². The number of nitrogens with zero attached hydrogens (tertiary/aromatic N) is 3. The number of anilines is 2. The van der Waals surface area contributed by atoms with Gasteiger partial charge in [0.25, 0.3) is 0 Å². The first-order valence-corrected chi connectivity index (χ1v) is 11.5. The summed E-state index contributed by atoms with van der Waals surface area (Å²) in [6.07, 6.45) is -0.649. The SMILES string of the molecule is CN(C)c1nc(N[C@H]2CC[C@@H](CNCc3ccccc3OC(F)(F)F)CC2)nc2ccccc12.Cl.Cl. The van der Waals surface area contributed by atoms with Crippen molar-refractivity contribution in [3.05, 3.63) is 54.1 Å². The standard InChI is InChI=1S/C25H30F3N5O.2ClH/c1-33(2)23-20-8-4-5-9-21(20)31-24(32-23)30-19-13-11-17(12-14-19)15-29-16-18-7-3-6-10-22(18)34-25(26,27)28;;/h3-10,17,19,29H,11-16H2,1-2H3,(H,30,31,32);2*1H/t17-,19+;;. The van der Waals surface area contributed by atoms with Crippen LogP contribution in [0.2, 0.25) is 0 Å². The molecule has 1 aromatic heterocycles. The van der Waals surface area contributed by atoms with Gasteiger partial charge in [-0.1, -0.05) is 30.3 Å². The molecule has 2 aromatic carbocycles. The van der Waals surface area contributed by atoms with E-state index in [9.17, 15) is 13.2 Å². The lowest BCUT2D eigenvalue weighted by Crippen LogP contribution is -2.32. The molecule has 0 spiro atoms. The Morgan fingerprint density at radius 1 is 0.944 bits per heavy atom. The lowest BCUT2D eigenvalue weighted by atomic mass is 9.86. The molecule has 2 N–H and O–H groups in total. The molecule has 0 saturated heterocycles. The first kappa shape index (κ1) is 29.7. The van der Waals surface area contributed by atoms with E-state index in [1.54, 1.807) is 18.2 Å². The topological polar surface area (TPSA) is 62.3 Å². The molecule has 11 heteroatoms. The van der Waals surface area contributed by atoms with Gasteiger partial charge >= 0.3 is 6.36 Å². The number of ether oxygens (including phenoxy) is 1. The molecule has 0 bridgehead atoms. The second-order valence-electron chi connectivity index (χ2n) is 8.93. The van der Waals surface area contributed by atoms with E-state index in [0.717, 1.165) is 48.9 Å². The van der Waals surface area contributed by atoms with Gasteiger partial charge in [0, 0.05) is 37.6 Å². The van der Waals surface area contributed by atoms with Crippen molar-refractivity contribution in [1.29, 1.82) is 0 Å². The maximum atomic E-state index is 12.6. The molecule has 0 aliphatic heterocycles. The van der Waals surface area contributed by atoms with Crippen LogP contribution in [0.5, 0.6) is 5.75 Å². The van der Waals surface area contributed by atoms with E-state index < -0.39 is 6.36 Å². The molecule has 1 aliphatic rings. The molecule has 36 heavy (non-hydrogen) atoms. The van der Waals surface area contributed by atoms with Crippen molar-refractivity contribution in [2.75, 3.05) is 30.9 Å². The second kappa shape index (κ2) is 13.2. The summed E-state index contributed by atoms with van der Waals surface area (Å²) in [5, 5.41) is 7.83. The maximum Gasteiger partial charge on any atom is 0.573 e. The molecule has 4 rings (SSSR count). The summed E-state index contributed by atoms with van der Waals surface area (Å²) >= 11 is 0. The number of aromatic nitrogens is 2. The van der Waals surface area contributed by atoms with Crippen LogP contribution < -0.4 is 20.3 Å². The fourth-order valence-corrected chi connectivity index (χ4v) is 4.44. The molecule has 1 fully saturated rings. The first-order chi connectivity index (χ1) is 16.3. The van der Waals surface area contributed by atoms with E-state index in [0.29, 0.717) is 30.0 Å². The molecule has 0 unspecified atom stereocenters. The summed E-state index contributed by atoms with van der Waals surface area (Å²) in [5.74, 6) is 1.86. The average Bonchev–Trinajstić information content (AvgIpc) is 2.80. The summed E-state index contributed by atoms with van der Waals surface area (Å²) in [6, 6.07) is 14.5. The minimum atomic E-state index is -4.69. The van der Waals surface area contributed by atoms with Gasteiger partial charge in [0.2, 0.25) is 5.95 Å². The third-order valence-electron chi connectivity index (χ3n) is 6.13. The van der Waals surface area contributed by atoms with Gasteiger partial charge in [0.1, 0.15) is 11.6 Å². The molecule has 1 aliphatic carbocycles. The molecule has 0 atom stereocenters. The predicted octanol–water partition coefficient (Wildman–Crippen LogP) is 6.20. The van der Waals surface area contributed by atoms with Crippen LogP contribution in [0.15, 0.2) is 48.5 Å². The fourth-order valence-electron chi connectivity index (χ4n) is 4.44. The van der Waals surface area contributed by atoms with Gasteiger partial charge < -0.3 is 20.3 Å². The van der Waals surface area contributed by atoms with Crippen molar-refractivity contribution in [2.45, 2.75) is 44.6 Å². The van der Waals surface area contributed by atoms with Gasteiger partial charge in [-0.15, -0.1) is 38.0 Å². The van der Waals surface area contributed by atoms with Crippen LogP contribution in [0.1, 0.15) is 31.2 Å². The quantitative estimate of drug-likeness (QED) is 0.351. The predicted molar refractivity (Wildman–Crippen MR) is 143 cm³/mol. The highest BCUT2D eigenvalue weighted by molar-refractivity contribution is 5.90. The number of alkyl halides is 3. The molecule has 1 saturated carbocycles. The van der Waals surface area contributed by atoms with E-state index >= 15 is 0 Å².